The van der Waals surface area contributed by atoms with E-state index in [9.17, 15) is 9.36 Å². The van der Waals surface area contributed by atoms with Crippen LogP contribution in [-0.4, -0.2) is 31.2 Å². The number of alkyl halides is 1. The predicted molar refractivity (Wildman–Crippen MR) is 98.4 cm³/mol. The molecule has 0 saturated heterocycles. The van der Waals surface area contributed by atoms with E-state index in [0.717, 1.165) is 4.47 Å². The summed E-state index contributed by atoms with van der Waals surface area (Å²) in [6.07, 6.45) is 1.21. The molecule has 1 rings (SSSR count). The maximum absolute atomic E-state index is 16.2. The molecular weight excluding hydrogens is 414 g/mol. The van der Waals surface area contributed by atoms with E-state index in [2.05, 4.69) is 22.5 Å². The van der Waals surface area contributed by atoms with Gasteiger partial charge < -0.3 is 13.8 Å². The van der Waals surface area contributed by atoms with Gasteiger partial charge in [0.05, 0.1) is 25.7 Å². The number of ether oxygens (including phenoxy) is 1. The molecule has 0 spiro atoms. The van der Waals surface area contributed by atoms with E-state index in [-0.39, 0.29) is 19.8 Å². The highest BCUT2D eigenvalue weighted by molar-refractivity contribution is 9.10. The topological polar surface area (TPSA) is 61.8 Å². The summed E-state index contributed by atoms with van der Waals surface area (Å²) in [5, 5.41) is -3.05. The van der Waals surface area contributed by atoms with E-state index in [4.69, 9.17) is 13.8 Å². The van der Waals surface area contributed by atoms with Crippen LogP contribution in [0.25, 0.3) is 0 Å². The number of hydrogen-bond acceptors (Lipinski definition) is 5. The normalized spacial score (nSPS) is 15.2. The summed E-state index contributed by atoms with van der Waals surface area (Å²) in [7, 11) is -4.50. The monoisotopic (exact) mass is 436 g/mol. The predicted octanol–water partition coefficient (Wildman–Crippen LogP) is 5.21. The maximum Gasteiger partial charge on any atom is 0.380 e. The summed E-state index contributed by atoms with van der Waals surface area (Å²) in [5.74, 6) is -2.57. The fraction of sp³-hybridized carbons (Fsp3) is 0.471. The van der Waals surface area contributed by atoms with Crippen LogP contribution < -0.4 is 0 Å². The molecule has 1 aromatic carbocycles. The van der Waals surface area contributed by atoms with Crippen molar-refractivity contribution in [3.05, 3.63) is 47.0 Å². The molecule has 0 bridgehead atoms. The van der Waals surface area contributed by atoms with Crippen LogP contribution >= 0.6 is 23.5 Å². The van der Waals surface area contributed by atoms with Gasteiger partial charge in [0.1, 0.15) is 0 Å². The van der Waals surface area contributed by atoms with Gasteiger partial charge in [0.2, 0.25) is 0 Å². The summed E-state index contributed by atoms with van der Waals surface area (Å²) < 4.78 is 45.3. The van der Waals surface area contributed by atoms with E-state index in [1.54, 1.807) is 38.1 Å². The van der Waals surface area contributed by atoms with Crippen molar-refractivity contribution in [2.75, 3.05) is 19.8 Å². The molecule has 1 aromatic rings. The van der Waals surface area contributed by atoms with Gasteiger partial charge in [-0.2, -0.15) is 0 Å². The van der Waals surface area contributed by atoms with E-state index in [0.29, 0.717) is 5.56 Å². The number of esters is 1. The van der Waals surface area contributed by atoms with Gasteiger partial charge >= 0.3 is 19.0 Å². The highest BCUT2D eigenvalue weighted by atomic mass is 79.9. The van der Waals surface area contributed by atoms with Gasteiger partial charge in [-0.25, -0.2) is 9.18 Å². The number of rotatable bonds is 10. The lowest BCUT2D eigenvalue weighted by Crippen LogP contribution is -2.42. The summed E-state index contributed by atoms with van der Waals surface area (Å²) in [6, 6.07) is 6.58. The van der Waals surface area contributed by atoms with Gasteiger partial charge in [-0.3, -0.25) is 4.57 Å². The van der Waals surface area contributed by atoms with Crippen LogP contribution in [0.1, 0.15) is 32.3 Å². The van der Waals surface area contributed by atoms with E-state index in [1.165, 1.54) is 13.0 Å². The van der Waals surface area contributed by atoms with Gasteiger partial charge in [-0.15, -0.1) is 6.58 Å². The Bertz CT molecular complexity index is 626. The number of carbonyl (C=O) groups is 1. The van der Waals surface area contributed by atoms with Crippen molar-refractivity contribution in [3.8, 4) is 0 Å². The minimum Gasteiger partial charge on any atom is -0.463 e. The summed E-state index contributed by atoms with van der Waals surface area (Å²) in [5.41, 5.74) is 0.397. The highest BCUT2D eigenvalue weighted by Crippen LogP contribution is 2.66. The third-order valence-electron chi connectivity index (χ3n) is 3.44. The minimum absolute atomic E-state index is 0.0764. The Hall–Kier alpha value is -1.01. The highest BCUT2D eigenvalue weighted by Gasteiger charge is 2.64. The molecule has 0 N–H and O–H groups in total. The fourth-order valence-corrected chi connectivity index (χ4v) is 4.67. The van der Waals surface area contributed by atoms with Crippen LogP contribution in [0.4, 0.5) is 4.39 Å². The molecule has 140 valence electrons. The summed E-state index contributed by atoms with van der Waals surface area (Å²) in [4.78, 5) is 12.5. The third-order valence-corrected chi connectivity index (χ3v) is 6.42. The quantitative estimate of drug-likeness (QED) is 0.286. The SMILES string of the molecule is C=C[C@H](c1ccc(Br)cc1)[C@](F)(C(=O)OCC)P(=O)(OCC)OCC. The summed E-state index contributed by atoms with van der Waals surface area (Å²) in [6.45, 7) is 7.97. The van der Waals surface area contributed by atoms with Crippen LogP contribution in [0.15, 0.2) is 41.4 Å². The van der Waals surface area contributed by atoms with Crippen LogP contribution in [0.3, 0.4) is 0 Å². The van der Waals surface area contributed by atoms with Crippen LogP contribution in [0.5, 0.6) is 0 Å². The first-order valence-electron chi connectivity index (χ1n) is 7.94. The number of hydrogen-bond donors (Lipinski definition) is 0. The number of benzene rings is 1. The van der Waals surface area contributed by atoms with Crippen molar-refractivity contribution >= 4 is 29.5 Å². The van der Waals surface area contributed by atoms with E-state index >= 15 is 4.39 Å². The molecule has 0 aliphatic heterocycles. The maximum atomic E-state index is 16.2. The second-order valence-electron chi connectivity index (χ2n) is 4.99. The molecule has 8 heteroatoms. The van der Waals surface area contributed by atoms with Crippen LogP contribution in [0.2, 0.25) is 0 Å². The minimum atomic E-state index is -4.50. The molecule has 0 aliphatic carbocycles. The second kappa shape index (κ2) is 9.62. The Labute approximate surface area is 156 Å². The Balaban J connectivity index is 3.57. The van der Waals surface area contributed by atoms with Gasteiger partial charge in [0, 0.05) is 4.47 Å². The molecular formula is C17H23BrFO5P. The van der Waals surface area contributed by atoms with E-state index < -0.39 is 24.9 Å². The molecule has 0 saturated carbocycles. The molecule has 0 fully saturated rings. The Morgan fingerprint density at radius 1 is 1.24 bits per heavy atom. The lowest BCUT2D eigenvalue weighted by Gasteiger charge is -2.35. The molecule has 0 amide bonds. The molecule has 5 nitrogen and oxygen atoms in total. The molecule has 0 radical (unpaired) electrons. The van der Waals surface area contributed by atoms with Gasteiger partial charge in [0.15, 0.2) is 0 Å². The Kier molecular flexibility index (Phi) is 8.48. The van der Waals surface area contributed by atoms with Gasteiger partial charge in [-0.1, -0.05) is 34.1 Å². The standard InChI is InChI=1S/C17H23BrFO5P/c1-5-15(13-9-11-14(18)12-10-13)17(19,16(20)22-6-2)25(21,23-7-3)24-8-4/h5,9-12,15H,1,6-8H2,2-4H3/t15-,17-/m1/s1. The molecule has 25 heavy (non-hydrogen) atoms. The summed E-state index contributed by atoms with van der Waals surface area (Å²) >= 11 is 3.29. The lowest BCUT2D eigenvalue weighted by molar-refractivity contribution is -0.153. The zero-order valence-corrected chi connectivity index (χ0v) is 17.0. The molecule has 2 atom stereocenters. The average molecular weight is 437 g/mol. The zero-order chi connectivity index (χ0) is 19.1. The molecule has 0 unspecified atom stereocenters. The fourth-order valence-electron chi connectivity index (χ4n) is 2.39. The number of halogens is 2. The van der Waals surface area contributed by atoms with Gasteiger partial charge in [0.25, 0.3) is 0 Å². The first-order chi connectivity index (χ1) is 11.8. The first-order valence-corrected chi connectivity index (χ1v) is 10.3. The van der Waals surface area contributed by atoms with Crippen molar-refractivity contribution in [2.24, 2.45) is 0 Å². The first kappa shape index (κ1) is 22.0. The van der Waals surface area contributed by atoms with Crippen LogP contribution in [-0.2, 0) is 23.1 Å². The number of allylic oxidation sites excluding steroid dienone is 1. The van der Waals surface area contributed by atoms with Crippen molar-refractivity contribution in [1.82, 2.24) is 0 Å². The Morgan fingerprint density at radius 3 is 2.16 bits per heavy atom. The smallest absolute Gasteiger partial charge is 0.380 e. The second-order valence-corrected chi connectivity index (χ2v) is 8.07. The lowest BCUT2D eigenvalue weighted by atomic mass is 9.94. The number of carbonyl (C=O) groups excluding carboxylic acids is 1. The van der Waals surface area contributed by atoms with Crippen molar-refractivity contribution in [2.45, 2.75) is 32.1 Å². The van der Waals surface area contributed by atoms with Gasteiger partial charge in [-0.05, 0) is 38.5 Å². The molecule has 0 aromatic heterocycles. The average Bonchev–Trinajstić information content (AvgIpc) is 2.57. The Morgan fingerprint density at radius 2 is 1.76 bits per heavy atom. The van der Waals surface area contributed by atoms with Crippen LogP contribution in [0, 0.1) is 0 Å². The largest absolute Gasteiger partial charge is 0.463 e. The third kappa shape index (κ3) is 4.59. The molecule has 0 heterocycles. The van der Waals surface area contributed by atoms with Crippen molar-refractivity contribution in [3.63, 3.8) is 0 Å². The van der Waals surface area contributed by atoms with E-state index in [1.807, 2.05) is 0 Å². The molecule has 0 aliphatic rings. The zero-order valence-electron chi connectivity index (χ0n) is 14.5. The van der Waals surface area contributed by atoms with Crippen molar-refractivity contribution < 1.29 is 27.5 Å². The van der Waals surface area contributed by atoms with Crippen molar-refractivity contribution in [1.29, 1.82) is 0 Å².